The number of rotatable bonds is 7. The number of nitrogens with one attached hydrogen (secondary N) is 2. The third-order valence-electron chi connectivity index (χ3n) is 7.24. The number of anilines is 3. The van der Waals surface area contributed by atoms with Gasteiger partial charge in [-0.2, -0.15) is 4.98 Å². The van der Waals surface area contributed by atoms with Crippen molar-refractivity contribution in [1.29, 1.82) is 0 Å². The number of fused-ring (bicyclic) bond motifs is 1. The number of aryl methyl sites for hydroxylation is 1. The molecule has 1 aromatic heterocycles. The highest BCUT2D eigenvalue weighted by Gasteiger charge is 2.35. The maximum atomic E-state index is 15.0. The summed E-state index contributed by atoms with van der Waals surface area (Å²) < 4.78 is 30.1. The highest BCUT2D eigenvalue weighted by Crippen LogP contribution is 2.39. The fraction of sp³-hybridized carbons (Fsp3) is 0.333. The Morgan fingerprint density at radius 2 is 1.80 bits per heavy atom. The second-order valence-corrected chi connectivity index (χ2v) is 10.3. The van der Waals surface area contributed by atoms with Gasteiger partial charge >= 0.3 is 6.03 Å². The Balaban J connectivity index is 1.69. The van der Waals surface area contributed by atoms with Crippen molar-refractivity contribution in [3.63, 3.8) is 0 Å². The van der Waals surface area contributed by atoms with E-state index in [2.05, 4.69) is 29.0 Å². The third-order valence-corrected chi connectivity index (χ3v) is 7.24. The number of piperazine rings is 1. The molecule has 2 aromatic carbocycles. The van der Waals surface area contributed by atoms with E-state index in [0.29, 0.717) is 47.1 Å². The number of halogens is 2. The molecule has 5 rings (SSSR count). The second-order valence-electron chi connectivity index (χ2n) is 10.3. The van der Waals surface area contributed by atoms with E-state index in [0.717, 1.165) is 48.7 Å². The van der Waals surface area contributed by atoms with Crippen LogP contribution in [-0.4, -0.2) is 59.5 Å². The Labute approximate surface area is 237 Å². The summed E-state index contributed by atoms with van der Waals surface area (Å²) >= 11 is 0. The molecule has 3 heterocycles. The minimum absolute atomic E-state index is 0.0439. The van der Waals surface area contributed by atoms with Gasteiger partial charge in [-0.1, -0.05) is 25.6 Å². The van der Waals surface area contributed by atoms with Gasteiger partial charge in [0.2, 0.25) is 5.95 Å². The summed E-state index contributed by atoms with van der Waals surface area (Å²) in [6, 6.07) is 8.00. The van der Waals surface area contributed by atoms with Crippen LogP contribution in [0.25, 0.3) is 11.3 Å². The maximum absolute atomic E-state index is 15.0. The van der Waals surface area contributed by atoms with Gasteiger partial charge in [0.15, 0.2) is 5.82 Å². The Hall–Kier alpha value is -4.38. The smallest absolute Gasteiger partial charge is 0.328 e. The van der Waals surface area contributed by atoms with E-state index in [1.165, 1.54) is 6.07 Å². The number of carbonyl (C=O) groups is 2. The topological polar surface area (TPSA) is 93.7 Å². The number of aromatic nitrogens is 2. The van der Waals surface area contributed by atoms with Gasteiger partial charge in [-0.3, -0.25) is 9.69 Å². The average molecular weight is 562 g/mol. The lowest BCUT2D eigenvalue weighted by molar-refractivity contribution is 0.0966. The highest BCUT2D eigenvalue weighted by atomic mass is 19.1. The monoisotopic (exact) mass is 561 g/mol. The number of allylic oxidation sites excluding steroid dienone is 1. The number of hydrogen-bond acceptors (Lipinski definition) is 6. The largest absolute Gasteiger partial charge is 0.338 e. The summed E-state index contributed by atoms with van der Waals surface area (Å²) in [6.07, 6.45) is 1.05. The van der Waals surface area contributed by atoms with Crippen LogP contribution in [0.1, 0.15) is 41.8 Å². The van der Waals surface area contributed by atoms with Gasteiger partial charge in [-0.25, -0.2) is 23.5 Å². The molecule has 0 unspecified atom stereocenters. The summed E-state index contributed by atoms with van der Waals surface area (Å²) in [7, 11) is 0. The molecule has 1 saturated heterocycles. The van der Waals surface area contributed by atoms with Gasteiger partial charge in [0, 0.05) is 48.6 Å². The molecule has 2 aliphatic heterocycles. The van der Waals surface area contributed by atoms with E-state index in [-0.39, 0.29) is 18.3 Å². The Kier molecular flexibility index (Phi) is 7.98. The first kappa shape index (κ1) is 28.2. The van der Waals surface area contributed by atoms with E-state index < -0.39 is 23.4 Å². The number of hydrogen-bond donors (Lipinski definition) is 2. The lowest BCUT2D eigenvalue weighted by atomic mass is 9.97. The molecule has 0 atom stereocenters. The number of urea groups is 1. The number of amides is 3. The molecule has 0 aliphatic carbocycles. The molecule has 0 radical (unpaired) electrons. The van der Waals surface area contributed by atoms with E-state index in [1.807, 2.05) is 17.9 Å². The van der Waals surface area contributed by atoms with Crippen molar-refractivity contribution in [3.8, 4) is 11.3 Å². The zero-order valence-corrected chi connectivity index (χ0v) is 23.4. The standard InChI is InChI=1S/C30H33F2N7O2/c1-5-11-37-12-14-38(15-13-37)29-35-25(21-16-20(10-9-19(21)4)28(40)34-18(2)3)22-17-33-30(41)39(27(22)36-29)26-23(31)7-6-8-24(26)32/h6-10,16H,2,5,11-15,17H2,1,3-4H3,(H,33,41)(H,34,40). The lowest BCUT2D eigenvalue weighted by Gasteiger charge is -2.36. The van der Waals surface area contributed by atoms with Crippen molar-refractivity contribution in [1.82, 2.24) is 25.5 Å². The summed E-state index contributed by atoms with van der Waals surface area (Å²) in [5.74, 6) is -1.65. The molecule has 9 nitrogen and oxygen atoms in total. The highest BCUT2D eigenvalue weighted by molar-refractivity contribution is 6.02. The molecule has 3 amide bonds. The van der Waals surface area contributed by atoms with Crippen LogP contribution in [0.2, 0.25) is 0 Å². The quantitative estimate of drug-likeness (QED) is 0.427. The zero-order valence-electron chi connectivity index (χ0n) is 23.4. The second kappa shape index (κ2) is 11.6. The lowest BCUT2D eigenvalue weighted by Crippen LogP contribution is -2.48. The van der Waals surface area contributed by atoms with Crippen molar-refractivity contribution >= 4 is 29.4 Å². The van der Waals surface area contributed by atoms with Crippen LogP contribution in [0.15, 0.2) is 48.7 Å². The van der Waals surface area contributed by atoms with Crippen LogP contribution in [-0.2, 0) is 6.54 Å². The van der Waals surface area contributed by atoms with Gasteiger partial charge in [0.05, 0.1) is 12.2 Å². The number of benzene rings is 2. The molecular weight excluding hydrogens is 528 g/mol. The first-order valence-corrected chi connectivity index (χ1v) is 13.7. The fourth-order valence-corrected chi connectivity index (χ4v) is 5.19. The van der Waals surface area contributed by atoms with Gasteiger partial charge in [0.1, 0.15) is 17.3 Å². The van der Waals surface area contributed by atoms with Crippen molar-refractivity contribution in [2.24, 2.45) is 0 Å². The van der Waals surface area contributed by atoms with Gasteiger partial charge < -0.3 is 15.5 Å². The predicted octanol–water partition coefficient (Wildman–Crippen LogP) is 4.89. The molecular formula is C30H33F2N7O2. The molecule has 214 valence electrons. The van der Waals surface area contributed by atoms with Crippen LogP contribution in [0.3, 0.4) is 0 Å². The van der Waals surface area contributed by atoms with Crippen LogP contribution in [0.4, 0.5) is 31.0 Å². The SMILES string of the molecule is C=C(C)NC(=O)c1ccc(C)c(-c2nc(N3CCN(CCC)CC3)nc3c2CNC(=O)N3c2c(F)cccc2F)c1. The van der Waals surface area contributed by atoms with Crippen molar-refractivity contribution < 1.29 is 18.4 Å². The number of carbonyl (C=O) groups excluding carboxylic acids is 2. The molecule has 3 aromatic rings. The summed E-state index contributed by atoms with van der Waals surface area (Å²) in [6.45, 7) is 13.4. The predicted molar refractivity (Wildman–Crippen MR) is 154 cm³/mol. The van der Waals surface area contributed by atoms with Gasteiger partial charge in [-0.05, 0) is 56.6 Å². The Morgan fingerprint density at radius 1 is 1.10 bits per heavy atom. The summed E-state index contributed by atoms with van der Waals surface area (Å²) in [5.41, 5.74) is 2.83. The minimum Gasteiger partial charge on any atom is -0.338 e. The van der Waals surface area contributed by atoms with Crippen LogP contribution in [0, 0.1) is 18.6 Å². The van der Waals surface area contributed by atoms with Crippen molar-refractivity contribution in [2.45, 2.75) is 33.7 Å². The first-order chi connectivity index (χ1) is 19.7. The molecule has 0 bridgehead atoms. The molecule has 0 spiro atoms. The van der Waals surface area contributed by atoms with Gasteiger partial charge in [0.25, 0.3) is 5.91 Å². The van der Waals surface area contributed by atoms with Crippen LogP contribution < -0.4 is 20.4 Å². The van der Waals surface area contributed by atoms with E-state index >= 15 is 8.78 Å². The molecule has 2 N–H and O–H groups in total. The molecule has 0 saturated carbocycles. The zero-order chi connectivity index (χ0) is 29.3. The first-order valence-electron chi connectivity index (χ1n) is 13.7. The van der Waals surface area contributed by atoms with E-state index in [9.17, 15) is 9.59 Å². The van der Waals surface area contributed by atoms with Crippen LogP contribution in [0.5, 0.6) is 0 Å². The molecule has 41 heavy (non-hydrogen) atoms. The molecule has 11 heteroatoms. The van der Waals surface area contributed by atoms with Crippen molar-refractivity contribution in [3.05, 3.63) is 77.0 Å². The Morgan fingerprint density at radius 3 is 2.46 bits per heavy atom. The van der Waals surface area contributed by atoms with Crippen molar-refractivity contribution in [2.75, 3.05) is 42.5 Å². The summed E-state index contributed by atoms with van der Waals surface area (Å²) in [4.78, 5) is 41.0. The normalized spacial score (nSPS) is 15.4. The Bertz CT molecular complexity index is 1500. The fourth-order valence-electron chi connectivity index (χ4n) is 5.19. The van der Waals surface area contributed by atoms with E-state index in [4.69, 9.17) is 9.97 Å². The minimum atomic E-state index is -0.891. The summed E-state index contributed by atoms with van der Waals surface area (Å²) in [5, 5.41) is 5.43. The molecule has 1 fully saturated rings. The van der Waals surface area contributed by atoms with E-state index in [1.54, 1.807) is 19.1 Å². The van der Waals surface area contributed by atoms with Crippen LogP contribution >= 0.6 is 0 Å². The number of nitrogens with zero attached hydrogens (tertiary/aromatic N) is 5. The molecule has 2 aliphatic rings. The maximum Gasteiger partial charge on any atom is 0.328 e. The third kappa shape index (κ3) is 5.62. The number of para-hydroxylation sites is 1. The van der Waals surface area contributed by atoms with Gasteiger partial charge in [-0.15, -0.1) is 0 Å². The average Bonchev–Trinajstić information content (AvgIpc) is 2.94.